The Morgan fingerprint density at radius 1 is 1.14 bits per heavy atom. The van der Waals surface area contributed by atoms with Gasteiger partial charge in [0.05, 0.1) is 4.90 Å². The van der Waals surface area contributed by atoms with E-state index in [-0.39, 0.29) is 6.04 Å². The molecule has 118 valence electrons. The Bertz CT molecular complexity index is 554. The van der Waals surface area contributed by atoms with E-state index in [9.17, 15) is 8.42 Å². The fourth-order valence-corrected chi connectivity index (χ4v) is 4.22. The van der Waals surface area contributed by atoms with Gasteiger partial charge in [-0.1, -0.05) is 32.9 Å². The van der Waals surface area contributed by atoms with Gasteiger partial charge in [0.15, 0.2) is 0 Å². The fraction of sp³-hybridized carbons (Fsp3) is 0.625. The highest BCUT2D eigenvalue weighted by Gasteiger charge is 2.32. The average Bonchev–Trinajstić information content (AvgIpc) is 2.77. The van der Waals surface area contributed by atoms with Crippen LogP contribution in [-0.4, -0.2) is 21.0 Å². The van der Waals surface area contributed by atoms with Crippen molar-refractivity contribution >= 4 is 10.0 Å². The molecule has 1 aromatic carbocycles. The molecule has 0 saturated heterocycles. The van der Waals surface area contributed by atoms with E-state index in [1.807, 2.05) is 19.1 Å². The number of sulfonamides is 1. The second-order valence-corrected chi connectivity index (χ2v) is 7.78. The third kappa shape index (κ3) is 4.05. The predicted octanol–water partition coefficient (Wildman–Crippen LogP) is 2.51. The number of hydrogen-bond acceptors (Lipinski definition) is 3. The number of rotatable bonds is 6. The SMILES string of the molecule is CCNCc1ccc(S(=O)(=O)NC2CCC(C)C2C)cc1. The third-order valence-electron chi connectivity index (χ3n) is 4.58. The van der Waals surface area contributed by atoms with Crippen LogP contribution < -0.4 is 10.0 Å². The summed E-state index contributed by atoms with van der Waals surface area (Å²) in [7, 11) is -3.41. The lowest BCUT2D eigenvalue weighted by Crippen LogP contribution is -2.37. The standard InChI is InChI=1S/C16H26N2O2S/c1-4-17-11-14-6-8-15(9-7-14)21(19,20)18-16-10-5-12(2)13(16)3/h6-9,12-13,16-18H,4-5,10-11H2,1-3H3. The first-order valence-corrected chi connectivity index (χ1v) is 9.24. The molecule has 1 saturated carbocycles. The van der Waals surface area contributed by atoms with Gasteiger partial charge in [-0.2, -0.15) is 0 Å². The van der Waals surface area contributed by atoms with Crippen LogP contribution in [0.5, 0.6) is 0 Å². The minimum atomic E-state index is -3.41. The van der Waals surface area contributed by atoms with Crippen molar-refractivity contribution in [1.82, 2.24) is 10.0 Å². The Balaban J connectivity index is 2.05. The summed E-state index contributed by atoms with van der Waals surface area (Å²) in [5, 5.41) is 3.23. The number of benzene rings is 1. The minimum absolute atomic E-state index is 0.0615. The Kier molecular flexibility index (Phi) is 5.41. The van der Waals surface area contributed by atoms with Crippen molar-refractivity contribution in [3.8, 4) is 0 Å². The highest BCUT2D eigenvalue weighted by Crippen LogP contribution is 2.32. The molecule has 3 unspecified atom stereocenters. The van der Waals surface area contributed by atoms with Crippen LogP contribution in [0.25, 0.3) is 0 Å². The molecule has 0 aliphatic heterocycles. The zero-order chi connectivity index (χ0) is 15.5. The maximum Gasteiger partial charge on any atom is 0.240 e. The first-order valence-electron chi connectivity index (χ1n) is 7.76. The largest absolute Gasteiger partial charge is 0.313 e. The van der Waals surface area contributed by atoms with E-state index in [0.29, 0.717) is 16.7 Å². The molecular formula is C16H26N2O2S. The Labute approximate surface area is 128 Å². The average molecular weight is 310 g/mol. The molecule has 0 heterocycles. The van der Waals surface area contributed by atoms with Crippen LogP contribution in [0.15, 0.2) is 29.2 Å². The lowest BCUT2D eigenvalue weighted by Gasteiger charge is -2.19. The van der Waals surface area contributed by atoms with Crippen molar-refractivity contribution in [3.05, 3.63) is 29.8 Å². The second-order valence-electron chi connectivity index (χ2n) is 6.07. The molecule has 2 N–H and O–H groups in total. The quantitative estimate of drug-likeness (QED) is 0.849. The van der Waals surface area contributed by atoms with Crippen LogP contribution in [-0.2, 0) is 16.6 Å². The molecule has 1 aromatic rings. The first-order chi connectivity index (χ1) is 9.94. The second kappa shape index (κ2) is 6.90. The summed E-state index contributed by atoms with van der Waals surface area (Å²) in [5.41, 5.74) is 1.10. The Morgan fingerprint density at radius 2 is 1.81 bits per heavy atom. The maximum absolute atomic E-state index is 12.4. The predicted molar refractivity (Wildman–Crippen MR) is 85.5 cm³/mol. The highest BCUT2D eigenvalue weighted by atomic mass is 32.2. The van der Waals surface area contributed by atoms with Crippen LogP contribution >= 0.6 is 0 Å². The molecule has 1 fully saturated rings. The van der Waals surface area contributed by atoms with Gasteiger partial charge in [-0.25, -0.2) is 13.1 Å². The molecule has 0 spiro atoms. The van der Waals surface area contributed by atoms with Gasteiger partial charge in [-0.3, -0.25) is 0 Å². The molecule has 1 aliphatic carbocycles. The molecule has 5 heteroatoms. The molecule has 1 aliphatic rings. The van der Waals surface area contributed by atoms with Crippen LogP contribution in [0.2, 0.25) is 0 Å². The lowest BCUT2D eigenvalue weighted by molar-refractivity contribution is 0.402. The van der Waals surface area contributed by atoms with Gasteiger partial charge in [0, 0.05) is 12.6 Å². The first kappa shape index (κ1) is 16.5. The van der Waals surface area contributed by atoms with E-state index < -0.39 is 10.0 Å². The Morgan fingerprint density at radius 3 is 2.33 bits per heavy atom. The van der Waals surface area contributed by atoms with Crippen molar-refractivity contribution in [2.45, 2.75) is 51.1 Å². The van der Waals surface area contributed by atoms with E-state index >= 15 is 0 Å². The smallest absolute Gasteiger partial charge is 0.240 e. The zero-order valence-corrected chi connectivity index (χ0v) is 13.9. The van der Waals surface area contributed by atoms with Gasteiger partial charge >= 0.3 is 0 Å². The number of nitrogens with one attached hydrogen (secondary N) is 2. The highest BCUT2D eigenvalue weighted by molar-refractivity contribution is 7.89. The molecule has 0 aromatic heterocycles. The van der Waals surface area contributed by atoms with Crippen LogP contribution in [0.3, 0.4) is 0 Å². The fourth-order valence-electron chi connectivity index (χ4n) is 2.85. The summed E-state index contributed by atoms with van der Waals surface area (Å²) in [6.45, 7) is 8.03. The summed E-state index contributed by atoms with van der Waals surface area (Å²) < 4.78 is 27.7. The summed E-state index contributed by atoms with van der Waals surface area (Å²) in [5.74, 6) is 0.980. The normalized spacial score (nSPS) is 26.1. The topological polar surface area (TPSA) is 58.2 Å². The lowest BCUT2D eigenvalue weighted by atomic mass is 9.98. The summed E-state index contributed by atoms with van der Waals surface area (Å²) in [6, 6.07) is 7.19. The van der Waals surface area contributed by atoms with Gasteiger partial charge in [0.2, 0.25) is 10.0 Å². The summed E-state index contributed by atoms with van der Waals surface area (Å²) in [4.78, 5) is 0.356. The monoisotopic (exact) mass is 310 g/mol. The van der Waals surface area contributed by atoms with Crippen molar-refractivity contribution < 1.29 is 8.42 Å². The van der Waals surface area contributed by atoms with E-state index in [4.69, 9.17) is 0 Å². The van der Waals surface area contributed by atoms with Crippen LogP contribution in [0.1, 0.15) is 39.2 Å². The van der Waals surface area contributed by atoms with Crippen molar-refractivity contribution in [2.24, 2.45) is 11.8 Å². The van der Waals surface area contributed by atoms with Crippen molar-refractivity contribution in [3.63, 3.8) is 0 Å². The Hall–Kier alpha value is -0.910. The van der Waals surface area contributed by atoms with Gasteiger partial charge in [0.25, 0.3) is 0 Å². The van der Waals surface area contributed by atoms with E-state index in [1.54, 1.807) is 12.1 Å². The van der Waals surface area contributed by atoms with E-state index in [2.05, 4.69) is 23.9 Å². The molecule has 0 bridgehead atoms. The molecule has 2 rings (SSSR count). The minimum Gasteiger partial charge on any atom is -0.313 e. The molecule has 0 amide bonds. The molecule has 21 heavy (non-hydrogen) atoms. The van der Waals surface area contributed by atoms with Gasteiger partial charge in [0.1, 0.15) is 0 Å². The van der Waals surface area contributed by atoms with Crippen LogP contribution in [0.4, 0.5) is 0 Å². The molecule has 0 radical (unpaired) electrons. The maximum atomic E-state index is 12.4. The number of hydrogen-bond donors (Lipinski definition) is 2. The van der Waals surface area contributed by atoms with E-state index in [0.717, 1.165) is 31.5 Å². The van der Waals surface area contributed by atoms with Crippen molar-refractivity contribution in [1.29, 1.82) is 0 Å². The molecule has 4 nitrogen and oxygen atoms in total. The summed E-state index contributed by atoms with van der Waals surface area (Å²) >= 11 is 0. The van der Waals surface area contributed by atoms with Gasteiger partial charge in [-0.15, -0.1) is 0 Å². The zero-order valence-electron chi connectivity index (χ0n) is 13.1. The third-order valence-corrected chi connectivity index (χ3v) is 6.09. The van der Waals surface area contributed by atoms with Crippen LogP contribution in [0, 0.1) is 11.8 Å². The molecule has 3 atom stereocenters. The van der Waals surface area contributed by atoms with E-state index in [1.165, 1.54) is 0 Å². The van der Waals surface area contributed by atoms with Gasteiger partial charge < -0.3 is 5.32 Å². The van der Waals surface area contributed by atoms with Crippen molar-refractivity contribution in [2.75, 3.05) is 6.54 Å². The summed E-state index contributed by atoms with van der Waals surface area (Å²) in [6.07, 6.45) is 2.02. The molecular weight excluding hydrogens is 284 g/mol. The van der Waals surface area contributed by atoms with Gasteiger partial charge in [-0.05, 0) is 48.9 Å².